The van der Waals surface area contributed by atoms with E-state index in [-0.39, 0.29) is 24.1 Å². The van der Waals surface area contributed by atoms with Gasteiger partial charge < -0.3 is 30.1 Å². The van der Waals surface area contributed by atoms with Gasteiger partial charge in [0.2, 0.25) is 5.90 Å². The molecule has 220 valence electrons. The standard InChI is InChI=1S/C32H38N6O4/c1-4-14-38-30(40)22-10-11-26(36-28(22)31(38,2)3)35-27-17-24(34-25(19-39)21-8-6-5-7-9-21)23(18-33-27)29-37-32(20-42-29)12-15-41-16-13-32/h5-11,17-18,25,39H,4,12-16,19-20H2,1-3H3,(H2,33,34,35,36)/t25-/m1/s1. The fraction of sp³-hybridized carbons (Fsp3) is 0.438. The summed E-state index contributed by atoms with van der Waals surface area (Å²) in [4.78, 5) is 29.5. The Morgan fingerprint density at radius 2 is 1.86 bits per heavy atom. The van der Waals surface area contributed by atoms with E-state index in [0.29, 0.717) is 49.5 Å². The van der Waals surface area contributed by atoms with E-state index in [1.54, 1.807) is 6.20 Å². The van der Waals surface area contributed by atoms with Gasteiger partial charge in [-0.25, -0.2) is 15.0 Å². The molecule has 2 aromatic heterocycles. The number of rotatable bonds is 9. The van der Waals surface area contributed by atoms with Crippen molar-refractivity contribution in [1.29, 1.82) is 0 Å². The van der Waals surface area contributed by atoms with Crippen LogP contribution in [-0.4, -0.2) is 70.3 Å². The van der Waals surface area contributed by atoms with Gasteiger partial charge in [-0.2, -0.15) is 0 Å². The van der Waals surface area contributed by atoms with Crippen molar-refractivity contribution < 1.29 is 19.4 Å². The van der Waals surface area contributed by atoms with Crippen LogP contribution < -0.4 is 10.6 Å². The van der Waals surface area contributed by atoms with Gasteiger partial charge in [-0.1, -0.05) is 37.3 Å². The van der Waals surface area contributed by atoms with E-state index in [1.807, 2.05) is 67.3 Å². The Morgan fingerprint density at radius 1 is 1.07 bits per heavy atom. The number of aliphatic hydroxyl groups excluding tert-OH is 1. The van der Waals surface area contributed by atoms with E-state index >= 15 is 0 Å². The molecule has 0 radical (unpaired) electrons. The zero-order valence-electron chi connectivity index (χ0n) is 24.4. The second kappa shape index (κ2) is 11.3. The summed E-state index contributed by atoms with van der Waals surface area (Å²) >= 11 is 0. The van der Waals surface area contributed by atoms with Crippen molar-refractivity contribution in [3.63, 3.8) is 0 Å². The van der Waals surface area contributed by atoms with Crippen LogP contribution in [-0.2, 0) is 15.0 Å². The lowest BCUT2D eigenvalue weighted by Crippen LogP contribution is -2.39. The SMILES string of the molecule is CCCN1C(=O)c2ccc(Nc3cc(N[C@H](CO)c4ccccc4)c(C4=NC5(CCOCC5)CO4)cn3)nc2C1(C)C. The van der Waals surface area contributed by atoms with E-state index in [0.717, 1.165) is 41.8 Å². The van der Waals surface area contributed by atoms with Gasteiger partial charge in [-0.05, 0) is 50.8 Å². The van der Waals surface area contributed by atoms with Crippen LogP contribution in [0.3, 0.4) is 0 Å². The van der Waals surface area contributed by atoms with E-state index in [1.165, 1.54) is 0 Å². The molecule has 3 aromatic rings. The normalized spacial score (nSPS) is 19.3. The first kappa shape index (κ1) is 28.1. The topological polar surface area (TPSA) is 121 Å². The third-order valence-electron chi connectivity index (χ3n) is 8.42. The predicted molar refractivity (Wildman–Crippen MR) is 161 cm³/mol. The minimum Gasteiger partial charge on any atom is -0.475 e. The first-order valence-corrected chi connectivity index (χ1v) is 14.7. The molecule has 10 nitrogen and oxygen atoms in total. The number of carbonyl (C=O) groups is 1. The van der Waals surface area contributed by atoms with Crippen LogP contribution >= 0.6 is 0 Å². The van der Waals surface area contributed by atoms with E-state index in [9.17, 15) is 9.90 Å². The summed E-state index contributed by atoms with van der Waals surface area (Å²) in [6.07, 6.45) is 4.25. The zero-order chi connectivity index (χ0) is 29.3. The van der Waals surface area contributed by atoms with Gasteiger partial charge in [-0.3, -0.25) is 4.79 Å². The number of carbonyl (C=O) groups excluding carboxylic acids is 1. The number of nitrogens with zero attached hydrogens (tertiary/aromatic N) is 4. The highest BCUT2D eigenvalue weighted by atomic mass is 16.5. The monoisotopic (exact) mass is 570 g/mol. The number of amides is 1. The Bertz CT molecular complexity index is 1490. The molecule has 3 aliphatic rings. The molecule has 1 amide bonds. The molecule has 3 N–H and O–H groups in total. The summed E-state index contributed by atoms with van der Waals surface area (Å²) in [6, 6.07) is 15.0. The number of hydrogen-bond acceptors (Lipinski definition) is 9. The van der Waals surface area contributed by atoms with Crippen molar-refractivity contribution in [3.05, 3.63) is 77.1 Å². The fourth-order valence-corrected chi connectivity index (χ4v) is 5.98. The number of benzene rings is 1. The second-order valence-electron chi connectivity index (χ2n) is 11.7. The molecular weight excluding hydrogens is 532 g/mol. The smallest absolute Gasteiger partial charge is 0.256 e. The van der Waals surface area contributed by atoms with Crippen LogP contribution in [0.1, 0.15) is 73.3 Å². The number of hydrogen-bond donors (Lipinski definition) is 3. The summed E-state index contributed by atoms with van der Waals surface area (Å²) in [6.45, 7) is 8.55. The van der Waals surface area contributed by atoms with E-state index in [4.69, 9.17) is 24.4 Å². The molecule has 42 heavy (non-hydrogen) atoms. The van der Waals surface area contributed by atoms with Crippen LogP contribution in [0.2, 0.25) is 0 Å². The molecule has 1 aromatic carbocycles. The summed E-state index contributed by atoms with van der Waals surface area (Å²) in [5.41, 5.74) is 3.01. The number of aromatic nitrogens is 2. The van der Waals surface area contributed by atoms with Gasteiger partial charge in [-0.15, -0.1) is 0 Å². The van der Waals surface area contributed by atoms with Gasteiger partial charge in [0.25, 0.3) is 5.91 Å². The van der Waals surface area contributed by atoms with Gasteiger partial charge in [0, 0.05) is 32.0 Å². The highest BCUT2D eigenvalue weighted by Gasteiger charge is 2.44. The Labute approximate surface area is 246 Å². The number of ether oxygens (including phenoxy) is 2. The lowest BCUT2D eigenvalue weighted by atomic mass is 9.92. The average molecular weight is 571 g/mol. The lowest BCUT2D eigenvalue weighted by molar-refractivity contribution is 0.0442. The molecule has 0 bridgehead atoms. The van der Waals surface area contributed by atoms with Gasteiger partial charge in [0.15, 0.2) is 0 Å². The number of nitrogens with one attached hydrogen (secondary N) is 2. The first-order chi connectivity index (χ1) is 20.3. The predicted octanol–water partition coefficient (Wildman–Crippen LogP) is 4.79. The minimum absolute atomic E-state index is 0.0143. The van der Waals surface area contributed by atoms with Gasteiger partial charge in [0.1, 0.15) is 23.8 Å². The maximum Gasteiger partial charge on any atom is 0.256 e. The van der Waals surface area contributed by atoms with Crippen molar-refractivity contribution in [2.45, 2.75) is 57.2 Å². The Morgan fingerprint density at radius 3 is 2.60 bits per heavy atom. The van der Waals surface area contributed by atoms with Crippen LogP contribution in [0.15, 0.2) is 59.7 Å². The molecular formula is C32H38N6O4. The fourth-order valence-electron chi connectivity index (χ4n) is 5.98. The quantitative estimate of drug-likeness (QED) is 0.336. The van der Waals surface area contributed by atoms with E-state index < -0.39 is 5.54 Å². The minimum atomic E-state index is -0.508. The zero-order valence-corrected chi connectivity index (χ0v) is 24.4. The van der Waals surface area contributed by atoms with Gasteiger partial charge in [0.05, 0.1) is 40.7 Å². The van der Waals surface area contributed by atoms with Crippen LogP contribution in [0.4, 0.5) is 17.3 Å². The van der Waals surface area contributed by atoms with Crippen molar-refractivity contribution >= 4 is 29.1 Å². The average Bonchev–Trinajstić information content (AvgIpc) is 3.48. The van der Waals surface area contributed by atoms with Crippen molar-refractivity contribution in [1.82, 2.24) is 14.9 Å². The molecule has 3 aliphatic heterocycles. The maximum absolute atomic E-state index is 13.0. The van der Waals surface area contributed by atoms with Crippen molar-refractivity contribution in [3.8, 4) is 0 Å². The molecule has 6 rings (SSSR count). The molecule has 0 aliphatic carbocycles. The summed E-state index contributed by atoms with van der Waals surface area (Å²) in [5.74, 6) is 1.71. The molecule has 1 saturated heterocycles. The molecule has 0 unspecified atom stereocenters. The first-order valence-electron chi connectivity index (χ1n) is 14.7. The number of anilines is 3. The number of fused-ring (bicyclic) bond motifs is 1. The summed E-state index contributed by atoms with van der Waals surface area (Å²) in [5, 5.41) is 17.1. The molecule has 1 atom stereocenters. The highest BCUT2D eigenvalue weighted by Crippen LogP contribution is 2.39. The Hall–Kier alpha value is -4.02. The third kappa shape index (κ3) is 5.20. The van der Waals surface area contributed by atoms with Crippen LogP contribution in [0, 0.1) is 0 Å². The number of aliphatic imine (C=N–C) groups is 1. The molecule has 1 fully saturated rings. The molecule has 5 heterocycles. The van der Waals surface area contributed by atoms with Crippen molar-refractivity contribution in [2.75, 3.05) is 43.6 Å². The van der Waals surface area contributed by atoms with Gasteiger partial charge >= 0.3 is 0 Å². The third-order valence-corrected chi connectivity index (χ3v) is 8.42. The number of pyridine rings is 2. The number of aliphatic hydroxyl groups is 1. The highest BCUT2D eigenvalue weighted by molar-refractivity contribution is 6.01. The second-order valence-corrected chi connectivity index (χ2v) is 11.7. The van der Waals surface area contributed by atoms with Crippen LogP contribution in [0.5, 0.6) is 0 Å². The molecule has 0 saturated carbocycles. The van der Waals surface area contributed by atoms with Crippen LogP contribution in [0.25, 0.3) is 0 Å². The lowest BCUT2D eigenvalue weighted by Gasteiger charge is -2.31. The van der Waals surface area contributed by atoms with E-state index in [2.05, 4.69) is 17.6 Å². The Balaban J connectivity index is 1.33. The Kier molecular flexibility index (Phi) is 7.59. The largest absolute Gasteiger partial charge is 0.475 e. The summed E-state index contributed by atoms with van der Waals surface area (Å²) in [7, 11) is 0. The molecule has 10 heteroatoms. The molecule has 1 spiro atoms. The summed E-state index contributed by atoms with van der Waals surface area (Å²) < 4.78 is 11.7. The maximum atomic E-state index is 13.0. The van der Waals surface area contributed by atoms with Crippen molar-refractivity contribution in [2.24, 2.45) is 4.99 Å².